The molecular weight excluding hydrogens is 242 g/mol. The van der Waals surface area contributed by atoms with Gasteiger partial charge in [-0.1, -0.05) is 0 Å². The molecule has 1 saturated heterocycles. The Hall–Kier alpha value is -1.63. The second-order valence-corrected chi connectivity index (χ2v) is 4.97. The Morgan fingerprint density at radius 2 is 2.41 bits per heavy atom. The third-order valence-electron chi connectivity index (χ3n) is 2.48. The van der Waals surface area contributed by atoms with E-state index >= 15 is 0 Å². The number of nitrogens with one attached hydrogen (secondary N) is 2. The maximum Gasteiger partial charge on any atom is 0.357 e. The van der Waals surface area contributed by atoms with Crippen LogP contribution in [0.1, 0.15) is 21.8 Å². The Bertz CT molecular complexity index is 458. The van der Waals surface area contributed by atoms with Gasteiger partial charge in [-0.15, -0.1) is 11.3 Å². The maximum absolute atomic E-state index is 11.4. The number of ether oxygens (including phenoxy) is 1. The van der Waals surface area contributed by atoms with Gasteiger partial charge in [-0.2, -0.15) is 0 Å². The molecule has 2 N–H and O–H groups in total. The topological polar surface area (TPSA) is 80.3 Å². The van der Waals surface area contributed by atoms with E-state index in [9.17, 15) is 9.59 Å². The molecule has 1 aliphatic heterocycles. The van der Waals surface area contributed by atoms with Gasteiger partial charge in [-0.3, -0.25) is 4.79 Å². The Balaban J connectivity index is 2.07. The standard InChI is InChI=1S/C10H13N3O3S/c1-5-8(9(15)16-2)13-10(17-5)12-6-3-7(14)11-4-6/h6H,3-4H2,1-2H3,(H,11,14)(H,12,13). The summed E-state index contributed by atoms with van der Waals surface area (Å²) in [6.45, 7) is 2.40. The van der Waals surface area contributed by atoms with Crippen molar-refractivity contribution in [3.05, 3.63) is 10.6 Å². The van der Waals surface area contributed by atoms with Crippen LogP contribution in [0.15, 0.2) is 0 Å². The number of carbonyl (C=O) groups excluding carboxylic acids is 2. The monoisotopic (exact) mass is 255 g/mol. The summed E-state index contributed by atoms with van der Waals surface area (Å²) in [6, 6.07) is 0.0403. The Morgan fingerprint density at radius 1 is 1.65 bits per heavy atom. The van der Waals surface area contributed by atoms with Crippen molar-refractivity contribution in [3.63, 3.8) is 0 Å². The van der Waals surface area contributed by atoms with Gasteiger partial charge >= 0.3 is 5.97 Å². The highest BCUT2D eigenvalue weighted by molar-refractivity contribution is 7.15. The van der Waals surface area contributed by atoms with Gasteiger partial charge in [0.25, 0.3) is 0 Å². The molecule has 1 aliphatic rings. The molecule has 2 heterocycles. The molecule has 0 radical (unpaired) electrons. The molecule has 1 aromatic rings. The lowest BCUT2D eigenvalue weighted by Crippen LogP contribution is -2.22. The minimum Gasteiger partial charge on any atom is -0.464 e. The fraction of sp³-hybridized carbons (Fsp3) is 0.500. The molecule has 1 atom stereocenters. The summed E-state index contributed by atoms with van der Waals surface area (Å²) in [5.41, 5.74) is 0.331. The molecule has 1 amide bonds. The van der Waals surface area contributed by atoms with Gasteiger partial charge in [-0.05, 0) is 6.92 Å². The zero-order chi connectivity index (χ0) is 12.4. The number of hydrogen-bond acceptors (Lipinski definition) is 6. The summed E-state index contributed by atoms with van der Waals surface area (Å²) >= 11 is 1.38. The van der Waals surface area contributed by atoms with Gasteiger partial charge in [0, 0.05) is 17.8 Å². The number of methoxy groups -OCH3 is 1. The number of esters is 1. The average Bonchev–Trinajstić information content (AvgIpc) is 2.85. The summed E-state index contributed by atoms with van der Waals surface area (Å²) in [6.07, 6.45) is 0.437. The molecule has 6 nitrogen and oxygen atoms in total. The van der Waals surface area contributed by atoms with Gasteiger partial charge in [0.1, 0.15) is 0 Å². The fourth-order valence-electron chi connectivity index (χ4n) is 1.63. The van der Waals surface area contributed by atoms with Crippen LogP contribution in [-0.4, -0.2) is 36.6 Å². The summed E-state index contributed by atoms with van der Waals surface area (Å²) in [7, 11) is 1.33. The van der Waals surface area contributed by atoms with E-state index in [2.05, 4.69) is 20.4 Å². The third-order valence-corrected chi connectivity index (χ3v) is 3.38. The highest BCUT2D eigenvalue weighted by atomic mass is 32.1. The molecule has 17 heavy (non-hydrogen) atoms. The Kier molecular flexibility index (Phi) is 3.28. The third kappa shape index (κ3) is 2.55. The zero-order valence-electron chi connectivity index (χ0n) is 9.57. The normalized spacial score (nSPS) is 18.9. The molecule has 0 saturated carbocycles. The first kappa shape index (κ1) is 11.8. The molecule has 2 rings (SSSR count). The van der Waals surface area contributed by atoms with E-state index in [1.165, 1.54) is 18.4 Å². The first-order chi connectivity index (χ1) is 8.10. The highest BCUT2D eigenvalue weighted by Gasteiger charge is 2.23. The van der Waals surface area contributed by atoms with Crippen LogP contribution >= 0.6 is 11.3 Å². The van der Waals surface area contributed by atoms with Gasteiger partial charge in [0.2, 0.25) is 5.91 Å². The fourth-order valence-corrected chi connectivity index (χ4v) is 2.50. The van der Waals surface area contributed by atoms with E-state index < -0.39 is 5.97 Å². The molecular formula is C10H13N3O3S. The minimum atomic E-state index is -0.438. The lowest BCUT2D eigenvalue weighted by atomic mass is 10.3. The van der Waals surface area contributed by atoms with Crippen molar-refractivity contribution >= 4 is 28.3 Å². The number of carbonyl (C=O) groups is 2. The van der Waals surface area contributed by atoms with Crippen molar-refractivity contribution in [1.82, 2.24) is 10.3 Å². The van der Waals surface area contributed by atoms with E-state index in [-0.39, 0.29) is 11.9 Å². The summed E-state index contributed by atoms with van der Waals surface area (Å²) in [4.78, 5) is 27.4. The van der Waals surface area contributed by atoms with E-state index in [1.807, 2.05) is 6.92 Å². The average molecular weight is 255 g/mol. The number of aromatic nitrogens is 1. The molecule has 1 unspecified atom stereocenters. The van der Waals surface area contributed by atoms with Crippen LogP contribution in [0.2, 0.25) is 0 Å². The number of thiazole rings is 1. The molecule has 0 aromatic carbocycles. The number of amides is 1. The van der Waals surface area contributed by atoms with E-state index in [0.29, 0.717) is 23.8 Å². The first-order valence-electron chi connectivity index (χ1n) is 5.19. The van der Waals surface area contributed by atoms with Gasteiger partial charge in [0.05, 0.1) is 13.2 Å². The molecule has 1 fully saturated rings. The van der Waals surface area contributed by atoms with Crippen LogP contribution in [0.25, 0.3) is 0 Å². The maximum atomic E-state index is 11.4. The summed E-state index contributed by atoms with van der Waals surface area (Å²) in [5.74, 6) is -0.406. The lowest BCUT2D eigenvalue weighted by molar-refractivity contribution is -0.119. The van der Waals surface area contributed by atoms with Crippen LogP contribution in [-0.2, 0) is 9.53 Å². The molecule has 1 aromatic heterocycles. The van der Waals surface area contributed by atoms with Gasteiger partial charge < -0.3 is 15.4 Å². The first-order valence-corrected chi connectivity index (χ1v) is 6.00. The summed E-state index contributed by atoms with van der Waals surface area (Å²) in [5, 5.41) is 6.50. The molecule has 0 aliphatic carbocycles. The van der Waals surface area contributed by atoms with Crippen molar-refractivity contribution in [1.29, 1.82) is 0 Å². The Morgan fingerprint density at radius 3 is 3.00 bits per heavy atom. The van der Waals surface area contributed by atoms with E-state index in [4.69, 9.17) is 0 Å². The second kappa shape index (κ2) is 4.70. The predicted octanol–water partition coefficient (Wildman–Crippen LogP) is 0.539. The van der Waals surface area contributed by atoms with Crippen LogP contribution in [0.3, 0.4) is 0 Å². The second-order valence-electron chi connectivity index (χ2n) is 3.76. The Labute approximate surface area is 102 Å². The van der Waals surface area contributed by atoms with Crippen molar-refractivity contribution in [3.8, 4) is 0 Å². The SMILES string of the molecule is COC(=O)c1nc(NC2CNC(=O)C2)sc1C. The molecule has 0 spiro atoms. The van der Waals surface area contributed by atoms with E-state index in [0.717, 1.165) is 4.88 Å². The number of hydrogen-bond donors (Lipinski definition) is 2. The van der Waals surface area contributed by atoms with Gasteiger partial charge in [-0.25, -0.2) is 9.78 Å². The number of rotatable bonds is 3. The smallest absolute Gasteiger partial charge is 0.357 e. The quantitative estimate of drug-likeness (QED) is 0.770. The number of aryl methyl sites for hydroxylation is 1. The van der Waals surface area contributed by atoms with Crippen LogP contribution in [0.4, 0.5) is 5.13 Å². The molecule has 0 bridgehead atoms. The summed E-state index contributed by atoms with van der Waals surface area (Å²) < 4.78 is 4.63. The van der Waals surface area contributed by atoms with E-state index in [1.54, 1.807) is 0 Å². The lowest BCUT2D eigenvalue weighted by Gasteiger charge is -2.07. The van der Waals surface area contributed by atoms with Crippen molar-refractivity contribution in [2.75, 3.05) is 19.0 Å². The molecule has 92 valence electrons. The van der Waals surface area contributed by atoms with Crippen LogP contribution in [0.5, 0.6) is 0 Å². The van der Waals surface area contributed by atoms with Gasteiger partial charge in [0.15, 0.2) is 10.8 Å². The minimum absolute atomic E-state index is 0.0315. The van der Waals surface area contributed by atoms with Crippen molar-refractivity contribution in [2.45, 2.75) is 19.4 Å². The largest absolute Gasteiger partial charge is 0.464 e. The van der Waals surface area contributed by atoms with Crippen molar-refractivity contribution < 1.29 is 14.3 Å². The highest BCUT2D eigenvalue weighted by Crippen LogP contribution is 2.24. The predicted molar refractivity (Wildman–Crippen MR) is 63.2 cm³/mol. The van der Waals surface area contributed by atoms with Crippen LogP contribution < -0.4 is 10.6 Å². The number of anilines is 1. The van der Waals surface area contributed by atoms with Crippen molar-refractivity contribution in [2.24, 2.45) is 0 Å². The van der Waals surface area contributed by atoms with Crippen LogP contribution in [0, 0.1) is 6.92 Å². The number of nitrogens with zero attached hydrogens (tertiary/aromatic N) is 1. The molecule has 7 heteroatoms. The zero-order valence-corrected chi connectivity index (χ0v) is 10.4.